The molecule has 0 aliphatic carbocycles. The van der Waals surface area contributed by atoms with Gasteiger partial charge in [-0.15, -0.1) is 0 Å². The van der Waals surface area contributed by atoms with E-state index < -0.39 is 11.9 Å². The first-order valence-electron chi connectivity index (χ1n) is 6.34. The average Bonchev–Trinajstić information content (AvgIpc) is 2.39. The van der Waals surface area contributed by atoms with Crippen LogP contribution < -0.4 is 16.4 Å². The molecule has 1 saturated heterocycles. The summed E-state index contributed by atoms with van der Waals surface area (Å²) in [4.78, 5) is 15.4. The number of halogens is 1. The summed E-state index contributed by atoms with van der Waals surface area (Å²) in [6, 6.07) is 7.25. The van der Waals surface area contributed by atoms with E-state index in [0.717, 1.165) is 36.9 Å². The number of benzene rings is 1. The molecule has 0 bridgehead atoms. The van der Waals surface area contributed by atoms with Crippen LogP contribution >= 0.6 is 11.6 Å². The van der Waals surface area contributed by atoms with Crippen LogP contribution in [0.2, 0.25) is 5.02 Å². The van der Waals surface area contributed by atoms with Gasteiger partial charge in [-0.25, -0.2) is 0 Å². The Morgan fingerprint density at radius 1 is 1.32 bits per heavy atom. The van der Waals surface area contributed by atoms with Gasteiger partial charge in [0.25, 0.3) is 0 Å². The van der Waals surface area contributed by atoms with Crippen molar-refractivity contribution in [3.8, 4) is 0 Å². The molecule has 1 aliphatic heterocycles. The SMILES string of the molecule is NC(=O)C(N)CN1CCN(c2cccc(Cl)c2)CC1. The van der Waals surface area contributed by atoms with Crippen LogP contribution in [0.3, 0.4) is 0 Å². The highest BCUT2D eigenvalue weighted by Gasteiger charge is 2.20. The lowest BCUT2D eigenvalue weighted by molar-refractivity contribution is -0.119. The van der Waals surface area contributed by atoms with Crippen LogP contribution in [-0.2, 0) is 4.79 Å². The number of anilines is 1. The molecule has 1 atom stereocenters. The van der Waals surface area contributed by atoms with E-state index in [1.165, 1.54) is 0 Å². The molecule has 1 unspecified atom stereocenters. The minimum absolute atomic E-state index is 0.447. The summed E-state index contributed by atoms with van der Waals surface area (Å²) in [7, 11) is 0. The van der Waals surface area contributed by atoms with Gasteiger partial charge in [0.15, 0.2) is 0 Å². The standard InChI is InChI=1S/C13H19ClN4O/c14-10-2-1-3-11(8-10)18-6-4-17(5-7-18)9-12(15)13(16)19/h1-3,8,12H,4-7,9,15H2,(H2,16,19). The molecule has 5 nitrogen and oxygen atoms in total. The van der Waals surface area contributed by atoms with Gasteiger partial charge >= 0.3 is 0 Å². The molecule has 104 valence electrons. The van der Waals surface area contributed by atoms with Crippen molar-refractivity contribution in [1.82, 2.24) is 4.90 Å². The summed E-state index contributed by atoms with van der Waals surface area (Å²) in [6.07, 6.45) is 0. The minimum Gasteiger partial charge on any atom is -0.369 e. The van der Waals surface area contributed by atoms with Crippen molar-refractivity contribution in [1.29, 1.82) is 0 Å². The van der Waals surface area contributed by atoms with Crippen molar-refractivity contribution < 1.29 is 4.79 Å². The van der Waals surface area contributed by atoms with Crippen LogP contribution in [0.25, 0.3) is 0 Å². The van der Waals surface area contributed by atoms with Gasteiger partial charge in [0.05, 0.1) is 6.04 Å². The summed E-state index contributed by atoms with van der Waals surface area (Å²) in [5.41, 5.74) is 12.0. The Balaban J connectivity index is 1.87. The lowest BCUT2D eigenvalue weighted by Gasteiger charge is -2.36. The van der Waals surface area contributed by atoms with Crippen LogP contribution in [0.5, 0.6) is 0 Å². The number of rotatable bonds is 4. The van der Waals surface area contributed by atoms with Crippen LogP contribution in [0.4, 0.5) is 5.69 Å². The van der Waals surface area contributed by atoms with Crippen LogP contribution in [0.1, 0.15) is 0 Å². The molecule has 0 aromatic heterocycles. The van der Waals surface area contributed by atoms with Crippen LogP contribution in [0.15, 0.2) is 24.3 Å². The van der Waals surface area contributed by atoms with Gasteiger partial charge in [0.1, 0.15) is 0 Å². The van der Waals surface area contributed by atoms with E-state index in [0.29, 0.717) is 6.54 Å². The largest absolute Gasteiger partial charge is 0.369 e. The summed E-state index contributed by atoms with van der Waals surface area (Å²) in [5, 5.41) is 0.746. The predicted octanol–water partition coefficient (Wildman–Crippen LogP) is 0.275. The predicted molar refractivity (Wildman–Crippen MR) is 77.3 cm³/mol. The lowest BCUT2D eigenvalue weighted by Crippen LogP contribution is -2.52. The molecule has 1 aromatic rings. The van der Waals surface area contributed by atoms with E-state index in [-0.39, 0.29) is 0 Å². The number of nitrogens with two attached hydrogens (primary N) is 2. The molecule has 1 fully saturated rings. The van der Waals surface area contributed by atoms with Crippen LogP contribution in [0, 0.1) is 0 Å². The zero-order valence-electron chi connectivity index (χ0n) is 10.8. The summed E-state index contributed by atoms with van der Waals surface area (Å²) in [5.74, 6) is -0.447. The normalized spacial score (nSPS) is 18.3. The van der Waals surface area contributed by atoms with Gasteiger partial charge in [-0.3, -0.25) is 9.69 Å². The molecule has 1 heterocycles. The molecule has 1 aliphatic rings. The second-order valence-electron chi connectivity index (χ2n) is 4.78. The molecule has 0 saturated carbocycles. The first-order valence-corrected chi connectivity index (χ1v) is 6.72. The topological polar surface area (TPSA) is 75.6 Å². The fourth-order valence-corrected chi connectivity index (χ4v) is 2.41. The smallest absolute Gasteiger partial charge is 0.235 e. The summed E-state index contributed by atoms with van der Waals surface area (Å²) >= 11 is 5.99. The van der Waals surface area contributed by atoms with Gasteiger partial charge in [0.2, 0.25) is 5.91 Å². The number of carbonyl (C=O) groups is 1. The second-order valence-corrected chi connectivity index (χ2v) is 5.21. The molecule has 0 spiro atoms. The maximum absolute atomic E-state index is 10.9. The third kappa shape index (κ3) is 3.83. The van der Waals surface area contributed by atoms with Gasteiger partial charge in [-0.05, 0) is 18.2 Å². The number of carbonyl (C=O) groups excluding carboxylic acids is 1. The maximum Gasteiger partial charge on any atom is 0.235 e. The third-order valence-corrected chi connectivity index (χ3v) is 3.60. The summed E-state index contributed by atoms with van der Waals surface area (Å²) in [6.45, 7) is 4.05. The fraction of sp³-hybridized carbons (Fsp3) is 0.462. The van der Waals surface area contributed by atoms with Crippen molar-refractivity contribution in [3.63, 3.8) is 0 Å². The van der Waals surface area contributed by atoms with E-state index in [1.807, 2.05) is 18.2 Å². The van der Waals surface area contributed by atoms with Crippen molar-refractivity contribution in [2.75, 3.05) is 37.6 Å². The zero-order chi connectivity index (χ0) is 13.8. The van der Waals surface area contributed by atoms with Gasteiger partial charge in [0, 0.05) is 43.4 Å². The molecular formula is C13H19ClN4O. The van der Waals surface area contributed by atoms with Gasteiger partial charge < -0.3 is 16.4 Å². The van der Waals surface area contributed by atoms with Crippen LogP contribution in [-0.4, -0.2) is 49.6 Å². The quantitative estimate of drug-likeness (QED) is 0.831. The Bertz CT molecular complexity index is 446. The Labute approximate surface area is 118 Å². The molecular weight excluding hydrogens is 264 g/mol. The molecule has 6 heteroatoms. The Morgan fingerprint density at radius 2 is 2.00 bits per heavy atom. The number of nitrogens with zero attached hydrogens (tertiary/aromatic N) is 2. The molecule has 1 amide bonds. The van der Waals surface area contributed by atoms with E-state index in [4.69, 9.17) is 23.1 Å². The number of hydrogen-bond acceptors (Lipinski definition) is 4. The monoisotopic (exact) mass is 282 g/mol. The third-order valence-electron chi connectivity index (χ3n) is 3.37. The number of primary amides is 1. The van der Waals surface area contributed by atoms with Gasteiger partial charge in [-0.1, -0.05) is 17.7 Å². The number of piperazine rings is 1. The van der Waals surface area contributed by atoms with E-state index >= 15 is 0 Å². The van der Waals surface area contributed by atoms with Crippen molar-refractivity contribution in [2.45, 2.75) is 6.04 Å². The average molecular weight is 283 g/mol. The van der Waals surface area contributed by atoms with Gasteiger partial charge in [-0.2, -0.15) is 0 Å². The second kappa shape index (κ2) is 6.23. The zero-order valence-corrected chi connectivity index (χ0v) is 11.5. The molecule has 19 heavy (non-hydrogen) atoms. The molecule has 2 rings (SSSR count). The fourth-order valence-electron chi connectivity index (χ4n) is 2.23. The first-order chi connectivity index (χ1) is 9.06. The number of amides is 1. The highest BCUT2D eigenvalue weighted by atomic mass is 35.5. The Kier molecular flexibility index (Phi) is 4.63. The highest BCUT2D eigenvalue weighted by molar-refractivity contribution is 6.30. The maximum atomic E-state index is 10.9. The first kappa shape index (κ1) is 14.1. The Hall–Kier alpha value is -1.30. The van der Waals surface area contributed by atoms with Crippen molar-refractivity contribution in [2.24, 2.45) is 11.5 Å². The summed E-state index contributed by atoms with van der Waals surface area (Å²) < 4.78 is 0. The Morgan fingerprint density at radius 3 is 2.58 bits per heavy atom. The highest BCUT2D eigenvalue weighted by Crippen LogP contribution is 2.20. The van der Waals surface area contributed by atoms with Crippen molar-refractivity contribution >= 4 is 23.2 Å². The van der Waals surface area contributed by atoms with E-state index in [1.54, 1.807) is 0 Å². The van der Waals surface area contributed by atoms with Crippen molar-refractivity contribution in [3.05, 3.63) is 29.3 Å². The van der Waals surface area contributed by atoms with E-state index in [2.05, 4.69) is 15.9 Å². The lowest BCUT2D eigenvalue weighted by atomic mass is 10.2. The molecule has 1 aromatic carbocycles. The molecule has 0 radical (unpaired) electrons. The minimum atomic E-state index is -0.585. The number of hydrogen-bond donors (Lipinski definition) is 2. The molecule has 4 N–H and O–H groups in total. The van der Waals surface area contributed by atoms with E-state index in [9.17, 15) is 4.79 Å².